The van der Waals surface area contributed by atoms with Crippen molar-refractivity contribution in [3.05, 3.63) is 35.9 Å². The molecule has 0 saturated carbocycles. The van der Waals surface area contributed by atoms with Crippen molar-refractivity contribution in [3.63, 3.8) is 0 Å². The summed E-state index contributed by atoms with van der Waals surface area (Å²) >= 11 is 0. The van der Waals surface area contributed by atoms with Crippen molar-refractivity contribution in [2.75, 3.05) is 33.2 Å². The molecular formula is C20H30N2O. The summed E-state index contributed by atoms with van der Waals surface area (Å²) in [4.78, 5) is 17.0. The van der Waals surface area contributed by atoms with Gasteiger partial charge in [-0.05, 0) is 63.1 Å². The highest BCUT2D eigenvalue weighted by atomic mass is 16.2. The average Bonchev–Trinajstić information content (AvgIpc) is 2.56. The second-order valence-corrected chi connectivity index (χ2v) is 7.49. The molecular weight excluding hydrogens is 284 g/mol. The molecule has 23 heavy (non-hydrogen) atoms. The van der Waals surface area contributed by atoms with E-state index in [1.54, 1.807) is 0 Å². The standard InChI is InChI=1S/C20H30N2O/c1-21-11-5-8-19(16-21)15-20(23)22-12-9-18(10-13-22)14-17-6-3-2-4-7-17/h2-4,6-7,18-19H,5,8-16H2,1H3. The van der Waals surface area contributed by atoms with Crippen LogP contribution in [-0.4, -0.2) is 48.9 Å². The molecule has 0 radical (unpaired) electrons. The van der Waals surface area contributed by atoms with Gasteiger partial charge in [0.15, 0.2) is 0 Å². The fraction of sp³-hybridized carbons (Fsp3) is 0.650. The van der Waals surface area contributed by atoms with Crippen molar-refractivity contribution in [1.29, 1.82) is 0 Å². The molecule has 0 aliphatic carbocycles. The first kappa shape index (κ1) is 16.5. The molecule has 2 fully saturated rings. The van der Waals surface area contributed by atoms with Crippen LogP contribution in [0.1, 0.15) is 37.7 Å². The summed E-state index contributed by atoms with van der Waals surface area (Å²) < 4.78 is 0. The lowest BCUT2D eigenvalue weighted by molar-refractivity contribution is -0.134. The van der Waals surface area contributed by atoms with Crippen LogP contribution >= 0.6 is 0 Å². The SMILES string of the molecule is CN1CCCC(CC(=O)N2CCC(Cc3ccccc3)CC2)C1. The molecule has 3 heteroatoms. The van der Waals surface area contributed by atoms with Crippen molar-refractivity contribution >= 4 is 5.91 Å². The number of hydrogen-bond donors (Lipinski definition) is 0. The lowest BCUT2D eigenvalue weighted by atomic mass is 9.89. The van der Waals surface area contributed by atoms with Crippen LogP contribution in [0.15, 0.2) is 30.3 Å². The third-order valence-electron chi connectivity index (χ3n) is 5.52. The number of piperidine rings is 2. The van der Waals surface area contributed by atoms with Crippen LogP contribution in [0.5, 0.6) is 0 Å². The summed E-state index contributed by atoms with van der Waals surface area (Å²) in [5, 5.41) is 0. The quantitative estimate of drug-likeness (QED) is 0.852. The Labute approximate surface area is 140 Å². The Hall–Kier alpha value is -1.35. The van der Waals surface area contributed by atoms with Crippen LogP contribution < -0.4 is 0 Å². The Morgan fingerprint density at radius 3 is 2.48 bits per heavy atom. The average molecular weight is 314 g/mol. The van der Waals surface area contributed by atoms with Gasteiger partial charge in [-0.15, -0.1) is 0 Å². The number of rotatable bonds is 4. The number of nitrogens with zero attached hydrogens (tertiary/aromatic N) is 2. The van der Waals surface area contributed by atoms with E-state index in [1.165, 1.54) is 24.9 Å². The molecule has 3 rings (SSSR count). The fourth-order valence-corrected chi connectivity index (χ4v) is 4.15. The van der Waals surface area contributed by atoms with Gasteiger partial charge in [-0.25, -0.2) is 0 Å². The van der Waals surface area contributed by atoms with Crippen LogP contribution in [0.3, 0.4) is 0 Å². The van der Waals surface area contributed by atoms with Gasteiger partial charge >= 0.3 is 0 Å². The Balaban J connectivity index is 1.42. The van der Waals surface area contributed by atoms with Crippen LogP contribution in [-0.2, 0) is 11.2 Å². The Morgan fingerprint density at radius 1 is 1.04 bits per heavy atom. The maximum Gasteiger partial charge on any atom is 0.222 e. The molecule has 0 bridgehead atoms. The zero-order valence-corrected chi connectivity index (χ0v) is 14.4. The Morgan fingerprint density at radius 2 is 1.78 bits per heavy atom. The van der Waals surface area contributed by atoms with E-state index in [0.717, 1.165) is 51.2 Å². The van der Waals surface area contributed by atoms with E-state index in [4.69, 9.17) is 0 Å². The number of hydrogen-bond acceptors (Lipinski definition) is 2. The first-order valence-corrected chi connectivity index (χ1v) is 9.21. The molecule has 1 atom stereocenters. The van der Waals surface area contributed by atoms with E-state index in [-0.39, 0.29) is 0 Å². The van der Waals surface area contributed by atoms with Crippen molar-refractivity contribution in [3.8, 4) is 0 Å². The molecule has 2 saturated heterocycles. The first-order valence-electron chi connectivity index (χ1n) is 9.21. The van der Waals surface area contributed by atoms with E-state index in [9.17, 15) is 4.79 Å². The number of amides is 1. The van der Waals surface area contributed by atoms with E-state index in [1.807, 2.05) is 0 Å². The van der Waals surface area contributed by atoms with Crippen molar-refractivity contribution < 1.29 is 4.79 Å². The highest BCUT2D eigenvalue weighted by molar-refractivity contribution is 5.76. The smallest absolute Gasteiger partial charge is 0.222 e. The highest BCUT2D eigenvalue weighted by Gasteiger charge is 2.26. The predicted molar refractivity (Wildman–Crippen MR) is 94.3 cm³/mol. The molecule has 1 aromatic carbocycles. The second-order valence-electron chi connectivity index (χ2n) is 7.49. The van der Waals surface area contributed by atoms with E-state index in [2.05, 4.69) is 47.2 Å². The van der Waals surface area contributed by atoms with E-state index in [0.29, 0.717) is 11.8 Å². The molecule has 2 aliphatic heterocycles. The molecule has 0 spiro atoms. The second kappa shape index (κ2) is 7.96. The largest absolute Gasteiger partial charge is 0.343 e. The minimum absolute atomic E-state index is 0.392. The van der Waals surface area contributed by atoms with Crippen molar-refractivity contribution in [1.82, 2.24) is 9.80 Å². The summed E-state index contributed by atoms with van der Waals surface area (Å²) in [7, 11) is 2.17. The van der Waals surface area contributed by atoms with Gasteiger partial charge in [0.1, 0.15) is 0 Å². The lowest BCUT2D eigenvalue weighted by Crippen LogP contribution is -2.41. The third-order valence-corrected chi connectivity index (χ3v) is 5.52. The molecule has 2 aliphatic rings. The van der Waals surface area contributed by atoms with Gasteiger partial charge in [-0.3, -0.25) is 4.79 Å². The summed E-state index contributed by atoms with van der Waals surface area (Å²) in [6.07, 6.45) is 6.70. The van der Waals surface area contributed by atoms with Gasteiger partial charge < -0.3 is 9.80 Å². The summed E-state index contributed by atoms with van der Waals surface area (Å²) in [5.41, 5.74) is 1.43. The van der Waals surface area contributed by atoms with E-state index >= 15 is 0 Å². The van der Waals surface area contributed by atoms with E-state index < -0.39 is 0 Å². The Kier molecular flexibility index (Phi) is 5.71. The minimum atomic E-state index is 0.392. The molecule has 2 heterocycles. The zero-order chi connectivity index (χ0) is 16.1. The molecule has 126 valence electrons. The van der Waals surface area contributed by atoms with Gasteiger partial charge in [-0.1, -0.05) is 30.3 Å². The first-order chi connectivity index (χ1) is 11.2. The maximum atomic E-state index is 12.5. The van der Waals surface area contributed by atoms with Gasteiger partial charge in [-0.2, -0.15) is 0 Å². The maximum absolute atomic E-state index is 12.5. The van der Waals surface area contributed by atoms with Gasteiger partial charge in [0.05, 0.1) is 0 Å². The molecule has 1 unspecified atom stereocenters. The van der Waals surface area contributed by atoms with Gasteiger partial charge in [0.2, 0.25) is 5.91 Å². The van der Waals surface area contributed by atoms with Crippen LogP contribution in [0, 0.1) is 11.8 Å². The van der Waals surface area contributed by atoms with Crippen molar-refractivity contribution in [2.24, 2.45) is 11.8 Å². The zero-order valence-electron chi connectivity index (χ0n) is 14.4. The van der Waals surface area contributed by atoms with Gasteiger partial charge in [0, 0.05) is 26.1 Å². The molecule has 1 aromatic rings. The molecule has 3 nitrogen and oxygen atoms in total. The highest BCUT2D eigenvalue weighted by Crippen LogP contribution is 2.24. The van der Waals surface area contributed by atoms with Crippen LogP contribution in [0.25, 0.3) is 0 Å². The van der Waals surface area contributed by atoms with Crippen LogP contribution in [0.4, 0.5) is 0 Å². The van der Waals surface area contributed by atoms with Crippen molar-refractivity contribution in [2.45, 2.75) is 38.5 Å². The number of carbonyl (C=O) groups is 1. The third kappa shape index (κ3) is 4.81. The monoisotopic (exact) mass is 314 g/mol. The molecule has 1 amide bonds. The number of likely N-dealkylation sites (tertiary alicyclic amines) is 2. The fourth-order valence-electron chi connectivity index (χ4n) is 4.15. The summed E-state index contributed by atoms with van der Waals surface area (Å²) in [6.45, 7) is 4.20. The predicted octanol–water partition coefficient (Wildman–Crippen LogP) is 3.20. The minimum Gasteiger partial charge on any atom is -0.343 e. The normalized spacial score (nSPS) is 23.9. The van der Waals surface area contributed by atoms with Gasteiger partial charge in [0.25, 0.3) is 0 Å². The molecule has 0 aromatic heterocycles. The lowest BCUT2D eigenvalue weighted by Gasteiger charge is -2.34. The topological polar surface area (TPSA) is 23.6 Å². The summed E-state index contributed by atoms with van der Waals surface area (Å²) in [6, 6.07) is 10.8. The number of benzene rings is 1. The molecule has 0 N–H and O–H groups in total. The van der Waals surface area contributed by atoms with Crippen LogP contribution in [0.2, 0.25) is 0 Å². The Bertz CT molecular complexity index is 494. The number of carbonyl (C=O) groups excluding carboxylic acids is 1. The summed E-state index contributed by atoms with van der Waals surface area (Å²) in [5.74, 6) is 1.70.